The van der Waals surface area contributed by atoms with Gasteiger partial charge in [0, 0.05) is 25.2 Å². The lowest BCUT2D eigenvalue weighted by atomic mass is 10.1. The first-order valence-electron chi connectivity index (χ1n) is 11.3. The van der Waals surface area contributed by atoms with Crippen LogP contribution >= 0.6 is 0 Å². The summed E-state index contributed by atoms with van der Waals surface area (Å²) in [6.07, 6.45) is 0. The standard InChI is InChI=1S/C25H32N4O5/c1-18(2)16-34-24(32)15-29-14-20-12-21(8-9-22(20)27-25(29)26)33-17-23(31)28(10-11-30)13-19-6-4-3-5-7-19/h3-9,12,18,30H,10-11,13-17H2,1-2H3,(H2,26,27). The average Bonchev–Trinajstić information content (AvgIpc) is 2.82. The second-order valence-electron chi connectivity index (χ2n) is 8.51. The van der Waals surface area contributed by atoms with Crippen LogP contribution in [0.2, 0.25) is 0 Å². The van der Waals surface area contributed by atoms with Gasteiger partial charge < -0.3 is 30.1 Å². The minimum Gasteiger partial charge on any atom is -0.484 e. The van der Waals surface area contributed by atoms with E-state index in [4.69, 9.17) is 15.2 Å². The molecule has 3 rings (SSSR count). The summed E-state index contributed by atoms with van der Waals surface area (Å²) in [5.41, 5.74) is 8.51. The normalized spacial score (nSPS) is 12.7. The van der Waals surface area contributed by atoms with Crippen LogP contribution in [-0.2, 0) is 27.4 Å². The van der Waals surface area contributed by atoms with Gasteiger partial charge in [0.1, 0.15) is 12.3 Å². The fourth-order valence-corrected chi connectivity index (χ4v) is 3.42. The van der Waals surface area contributed by atoms with Crippen molar-refractivity contribution in [2.45, 2.75) is 26.9 Å². The molecule has 0 saturated heterocycles. The molecule has 1 heterocycles. The maximum atomic E-state index is 12.7. The second-order valence-corrected chi connectivity index (χ2v) is 8.51. The Hall–Kier alpha value is -3.59. The van der Waals surface area contributed by atoms with E-state index in [1.807, 2.05) is 44.2 Å². The average molecular weight is 469 g/mol. The van der Waals surface area contributed by atoms with Crippen LogP contribution in [0.1, 0.15) is 25.0 Å². The van der Waals surface area contributed by atoms with Gasteiger partial charge in [-0.1, -0.05) is 44.2 Å². The Bertz CT molecular complexity index is 1010. The Morgan fingerprint density at radius 1 is 1.21 bits per heavy atom. The molecule has 0 spiro atoms. The van der Waals surface area contributed by atoms with E-state index in [2.05, 4.69) is 4.99 Å². The summed E-state index contributed by atoms with van der Waals surface area (Å²) in [4.78, 5) is 32.4. The van der Waals surface area contributed by atoms with E-state index in [9.17, 15) is 14.7 Å². The molecule has 1 amide bonds. The van der Waals surface area contributed by atoms with Gasteiger partial charge in [0.15, 0.2) is 12.6 Å². The molecule has 182 valence electrons. The largest absolute Gasteiger partial charge is 0.484 e. The number of aliphatic imine (C=N–C) groups is 1. The number of ether oxygens (including phenoxy) is 2. The van der Waals surface area contributed by atoms with Gasteiger partial charge in [-0.3, -0.25) is 9.59 Å². The van der Waals surface area contributed by atoms with E-state index in [-0.39, 0.29) is 50.1 Å². The fraction of sp³-hybridized carbons (Fsp3) is 0.400. The van der Waals surface area contributed by atoms with Gasteiger partial charge in [0.05, 0.1) is 18.9 Å². The Balaban J connectivity index is 1.60. The Morgan fingerprint density at radius 3 is 2.68 bits per heavy atom. The molecule has 0 saturated carbocycles. The SMILES string of the molecule is CC(C)COC(=O)CN1Cc2cc(OCC(=O)N(CCO)Cc3ccccc3)ccc2N=C1N. The van der Waals surface area contributed by atoms with E-state index in [1.165, 1.54) is 0 Å². The maximum absolute atomic E-state index is 12.7. The number of rotatable bonds is 11. The first kappa shape index (κ1) is 25.0. The van der Waals surface area contributed by atoms with Crippen LogP contribution < -0.4 is 10.5 Å². The van der Waals surface area contributed by atoms with Crippen molar-refractivity contribution in [1.82, 2.24) is 9.80 Å². The van der Waals surface area contributed by atoms with Crippen molar-refractivity contribution in [3.63, 3.8) is 0 Å². The third-order valence-electron chi connectivity index (χ3n) is 5.17. The summed E-state index contributed by atoms with van der Waals surface area (Å²) in [6, 6.07) is 14.9. The van der Waals surface area contributed by atoms with Crippen molar-refractivity contribution in [1.29, 1.82) is 0 Å². The molecule has 0 unspecified atom stereocenters. The lowest BCUT2D eigenvalue weighted by Gasteiger charge is -2.27. The first-order chi connectivity index (χ1) is 16.4. The molecule has 2 aromatic carbocycles. The van der Waals surface area contributed by atoms with Gasteiger partial charge in [-0.05, 0) is 29.7 Å². The molecular weight excluding hydrogens is 436 g/mol. The van der Waals surface area contributed by atoms with Crippen LogP contribution in [0.15, 0.2) is 53.5 Å². The Labute approximate surface area is 199 Å². The Morgan fingerprint density at radius 2 is 1.97 bits per heavy atom. The zero-order valence-corrected chi connectivity index (χ0v) is 19.6. The maximum Gasteiger partial charge on any atom is 0.325 e. The quantitative estimate of drug-likeness (QED) is 0.485. The highest BCUT2D eigenvalue weighted by molar-refractivity contribution is 5.87. The number of amides is 1. The van der Waals surface area contributed by atoms with Gasteiger partial charge in [0.2, 0.25) is 0 Å². The van der Waals surface area contributed by atoms with Crippen molar-refractivity contribution in [2.75, 3.05) is 32.9 Å². The lowest BCUT2D eigenvalue weighted by molar-refractivity contribution is -0.145. The van der Waals surface area contributed by atoms with Crippen LogP contribution in [-0.4, -0.2) is 65.7 Å². The minimum atomic E-state index is -0.365. The number of benzene rings is 2. The van der Waals surface area contributed by atoms with Crippen molar-refractivity contribution in [3.8, 4) is 5.75 Å². The molecule has 9 nitrogen and oxygen atoms in total. The molecule has 34 heavy (non-hydrogen) atoms. The summed E-state index contributed by atoms with van der Waals surface area (Å²) < 4.78 is 11.0. The van der Waals surface area contributed by atoms with Crippen LogP contribution in [0.5, 0.6) is 5.75 Å². The van der Waals surface area contributed by atoms with E-state index >= 15 is 0 Å². The number of aliphatic hydroxyl groups is 1. The fourth-order valence-electron chi connectivity index (χ4n) is 3.42. The summed E-state index contributed by atoms with van der Waals surface area (Å²) >= 11 is 0. The van der Waals surface area contributed by atoms with Crippen LogP contribution in [0, 0.1) is 5.92 Å². The highest BCUT2D eigenvalue weighted by Crippen LogP contribution is 2.29. The topological polar surface area (TPSA) is 118 Å². The number of carbonyl (C=O) groups is 2. The van der Waals surface area contributed by atoms with Crippen LogP contribution in [0.4, 0.5) is 5.69 Å². The molecule has 0 aromatic heterocycles. The highest BCUT2D eigenvalue weighted by atomic mass is 16.5. The molecule has 0 aliphatic carbocycles. The van der Waals surface area contributed by atoms with E-state index in [1.54, 1.807) is 28.0 Å². The molecule has 1 aliphatic heterocycles. The number of carbonyl (C=O) groups excluding carboxylic acids is 2. The van der Waals surface area contributed by atoms with Crippen molar-refractivity contribution in [3.05, 3.63) is 59.7 Å². The predicted octanol–water partition coefficient (Wildman–Crippen LogP) is 2.05. The number of guanidine groups is 1. The zero-order valence-electron chi connectivity index (χ0n) is 19.6. The van der Waals surface area contributed by atoms with E-state index < -0.39 is 0 Å². The molecule has 0 fully saturated rings. The number of fused-ring (bicyclic) bond motifs is 1. The summed E-state index contributed by atoms with van der Waals surface area (Å²) in [5.74, 6) is 0.413. The number of esters is 1. The van der Waals surface area contributed by atoms with Gasteiger partial charge in [-0.15, -0.1) is 0 Å². The predicted molar refractivity (Wildman–Crippen MR) is 128 cm³/mol. The number of nitrogens with two attached hydrogens (primary N) is 1. The number of nitrogens with zero attached hydrogens (tertiary/aromatic N) is 3. The van der Waals surface area contributed by atoms with Gasteiger partial charge in [-0.25, -0.2) is 4.99 Å². The van der Waals surface area contributed by atoms with E-state index in [0.29, 0.717) is 31.1 Å². The van der Waals surface area contributed by atoms with Crippen molar-refractivity contribution in [2.24, 2.45) is 16.6 Å². The van der Waals surface area contributed by atoms with Crippen molar-refractivity contribution < 1.29 is 24.2 Å². The third kappa shape index (κ3) is 7.21. The second kappa shape index (κ2) is 12.0. The van der Waals surface area contributed by atoms with Gasteiger partial charge >= 0.3 is 5.97 Å². The molecular formula is C25H32N4O5. The number of hydrogen-bond donors (Lipinski definition) is 2. The summed E-state index contributed by atoms with van der Waals surface area (Å²) in [6.45, 7) is 4.98. The molecule has 0 radical (unpaired) electrons. The molecule has 1 aliphatic rings. The number of aliphatic hydroxyl groups excluding tert-OH is 1. The zero-order chi connectivity index (χ0) is 24.5. The third-order valence-corrected chi connectivity index (χ3v) is 5.17. The smallest absolute Gasteiger partial charge is 0.325 e. The molecule has 3 N–H and O–H groups in total. The molecule has 9 heteroatoms. The first-order valence-corrected chi connectivity index (χ1v) is 11.3. The highest BCUT2D eigenvalue weighted by Gasteiger charge is 2.22. The molecule has 0 bridgehead atoms. The monoisotopic (exact) mass is 468 g/mol. The summed E-state index contributed by atoms with van der Waals surface area (Å²) in [5, 5.41) is 9.36. The summed E-state index contributed by atoms with van der Waals surface area (Å²) in [7, 11) is 0. The van der Waals surface area contributed by atoms with E-state index in [0.717, 1.165) is 11.1 Å². The van der Waals surface area contributed by atoms with Gasteiger partial charge in [-0.2, -0.15) is 0 Å². The van der Waals surface area contributed by atoms with Gasteiger partial charge in [0.25, 0.3) is 5.91 Å². The van der Waals surface area contributed by atoms with Crippen molar-refractivity contribution >= 4 is 23.5 Å². The van der Waals surface area contributed by atoms with Crippen LogP contribution in [0.25, 0.3) is 0 Å². The molecule has 2 aromatic rings. The Kier molecular flexibility index (Phi) is 8.86. The molecule has 0 atom stereocenters. The number of hydrogen-bond acceptors (Lipinski definition) is 8. The minimum absolute atomic E-state index is 0.000664. The van der Waals surface area contributed by atoms with Crippen LogP contribution in [0.3, 0.4) is 0 Å². The lowest BCUT2D eigenvalue weighted by Crippen LogP contribution is -2.42.